The summed E-state index contributed by atoms with van der Waals surface area (Å²) in [6, 6.07) is 5.36. The lowest BCUT2D eigenvalue weighted by molar-refractivity contribution is -0.384. The summed E-state index contributed by atoms with van der Waals surface area (Å²) in [7, 11) is 0. The average Bonchev–Trinajstić information content (AvgIpc) is 2.50. The first-order chi connectivity index (χ1) is 11.6. The third-order valence-electron chi connectivity index (χ3n) is 3.71. The first-order valence-corrected chi connectivity index (χ1v) is 8.73. The van der Waals surface area contributed by atoms with Crippen LogP contribution in [-0.4, -0.2) is 51.0 Å². The molecule has 1 saturated heterocycles. The molecule has 2 rings (SSSR count). The van der Waals surface area contributed by atoms with Crippen LogP contribution < -0.4 is 5.32 Å². The lowest BCUT2D eigenvalue weighted by Gasteiger charge is -2.42. The Bertz CT molecular complexity index is 643. The number of non-ortho nitro benzene ring substituents is 1. The number of nitrogens with one attached hydrogen (secondary N) is 1. The van der Waals surface area contributed by atoms with E-state index in [9.17, 15) is 14.9 Å². The van der Waals surface area contributed by atoms with Crippen LogP contribution in [0.15, 0.2) is 24.3 Å². The molecule has 138 valence electrons. The van der Waals surface area contributed by atoms with Gasteiger partial charge in [-0.05, 0) is 19.9 Å². The molecule has 1 amide bonds. The standard InChI is InChI=1S/C15H18Cl3N3O4/c1-9-7-20(8-10(2)25-9)14(15(16,17)18)19-13(22)11-4-3-5-12(6-11)21(23)24/h3-6,9-10,14H,7-8H2,1-2H3,(H,19,22)/t9-,10-,14-/m0/s1. The van der Waals surface area contributed by atoms with Crippen molar-refractivity contribution < 1.29 is 14.5 Å². The summed E-state index contributed by atoms with van der Waals surface area (Å²) in [5, 5.41) is 13.5. The third-order valence-corrected chi connectivity index (χ3v) is 4.33. The number of carbonyl (C=O) groups is 1. The van der Waals surface area contributed by atoms with E-state index >= 15 is 0 Å². The quantitative estimate of drug-likeness (QED) is 0.468. The van der Waals surface area contributed by atoms with Crippen molar-refractivity contribution in [3.8, 4) is 0 Å². The summed E-state index contributed by atoms with van der Waals surface area (Å²) in [5.74, 6) is -0.563. The van der Waals surface area contributed by atoms with Crippen LogP contribution in [0, 0.1) is 10.1 Å². The lowest BCUT2D eigenvalue weighted by Crippen LogP contribution is -2.60. The molecular formula is C15H18Cl3N3O4. The van der Waals surface area contributed by atoms with Gasteiger partial charge in [-0.25, -0.2) is 0 Å². The zero-order chi connectivity index (χ0) is 18.8. The number of nitro groups is 1. The van der Waals surface area contributed by atoms with Gasteiger partial charge < -0.3 is 10.1 Å². The fourth-order valence-corrected chi connectivity index (χ4v) is 3.35. The van der Waals surface area contributed by atoms with Crippen molar-refractivity contribution in [1.82, 2.24) is 10.2 Å². The second kappa shape index (κ2) is 8.05. The SMILES string of the molecule is C[C@H]1CN([C@H](NC(=O)c2cccc([N+](=O)[O-])c2)C(Cl)(Cl)Cl)C[C@H](C)O1. The highest BCUT2D eigenvalue weighted by Gasteiger charge is 2.41. The maximum atomic E-state index is 12.5. The number of benzene rings is 1. The number of halogens is 3. The zero-order valence-electron chi connectivity index (χ0n) is 13.6. The molecule has 0 unspecified atom stereocenters. The van der Waals surface area contributed by atoms with Crippen molar-refractivity contribution >= 4 is 46.4 Å². The molecule has 1 N–H and O–H groups in total. The summed E-state index contributed by atoms with van der Waals surface area (Å²) >= 11 is 18.2. The Morgan fingerprint density at radius 1 is 1.36 bits per heavy atom. The van der Waals surface area contributed by atoms with E-state index in [1.807, 2.05) is 18.7 Å². The minimum absolute atomic E-state index is 0.0895. The van der Waals surface area contributed by atoms with Crippen LogP contribution in [0.25, 0.3) is 0 Å². The number of hydrogen-bond donors (Lipinski definition) is 1. The first kappa shape index (κ1) is 20.2. The van der Waals surface area contributed by atoms with Gasteiger partial charge in [0.1, 0.15) is 6.17 Å². The summed E-state index contributed by atoms with van der Waals surface area (Å²) in [5.41, 5.74) is -0.0745. The molecule has 0 aromatic heterocycles. The molecule has 1 aliphatic heterocycles. The number of nitrogens with zero attached hydrogens (tertiary/aromatic N) is 2. The average molecular weight is 411 g/mol. The second-order valence-electron chi connectivity index (χ2n) is 5.94. The smallest absolute Gasteiger partial charge is 0.270 e. The van der Waals surface area contributed by atoms with Crippen LogP contribution in [-0.2, 0) is 4.74 Å². The molecular weight excluding hydrogens is 393 g/mol. The molecule has 1 fully saturated rings. The van der Waals surface area contributed by atoms with Crippen LogP contribution >= 0.6 is 34.8 Å². The van der Waals surface area contributed by atoms with E-state index in [1.165, 1.54) is 24.3 Å². The van der Waals surface area contributed by atoms with E-state index in [4.69, 9.17) is 39.5 Å². The predicted molar refractivity (Wildman–Crippen MR) is 96.2 cm³/mol. The van der Waals surface area contributed by atoms with Gasteiger partial charge in [-0.3, -0.25) is 19.8 Å². The van der Waals surface area contributed by atoms with Crippen LogP contribution in [0.3, 0.4) is 0 Å². The molecule has 0 radical (unpaired) electrons. The van der Waals surface area contributed by atoms with Crippen LogP contribution in [0.2, 0.25) is 0 Å². The van der Waals surface area contributed by atoms with E-state index in [0.717, 1.165) is 0 Å². The minimum Gasteiger partial charge on any atom is -0.373 e. The second-order valence-corrected chi connectivity index (χ2v) is 8.31. The summed E-state index contributed by atoms with van der Waals surface area (Å²) < 4.78 is 3.87. The van der Waals surface area contributed by atoms with E-state index in [1.54, 1.807) is 0 Å². The Morgan fingerprint density at radius 3 is 2.48 bits per heavy atom. The Hall–Kier alpha value is -1.12. The zero-order valence-corrected chi connectivity index (χ0v) is 15.9. The number of ether oxygens (including phenoxy) is 1. The van der Waals surface area contributed by atoms with Crippen molar-refractivity contribution in [3.63, 3.8) is 0 Å². The number of alkyl halides is 3. The molecule has 25 heavy (non-hydrogen) atoms. The van der Waals surface area contributed by atoms with Gasteiger partial charge in [-0.1, -0.05) is 40.9 Å². The molecule has 3 atom stereocenters. The van der Waals surface area contributed by atoms with Gasteiger partial charge in [0.15, 0.2) is 0 Å². The highest BCUT2D eigenvalue weighted by Crippen LogP contribution is 2.33. The molecule has 0 bridgehead atoms. The van der Waals surface area contributed by atoms with Crippen LogP contribution in [0.4, 0.5) is 5.69 Å². The Labute approximate surface area is 160 Å². The van der Waals surface area contributed by atoms with Crippen LogP contribution in [0.1, 0.15) is 24.2 Å². The number of carbonyl (C=O) groups excluding carboxylic acids is 1. The van der Waals surface area contributed by atoms with Crippen molar-refractivity contribution in [3.05, 3.63) is 39.9 Å². The van der Waals surface area contributed by atoms with Crippen molar-refractivity contribution in [2.24, 2.45) is 0 Å². The molecule has 1 heterocycles. The maximum absolute atomic E-state index is 12.5. The molecule has 10 heteroatoms. The number of amides is 1. The highest BCUT2D eigenvalue weighted by atomic mass is 35.6. The Kier molecular flexibility index (Phi) is 6.51. The normalized spacial score (nSPS) is 23.1. The van der Waals surface area contributed by atoms with Crippen molar-refractivity contribution in [2.75, 3.05) is 13.1 Å². The van der Waals surface area contributed by atoms with E-state index in [2.05, 4.69) is 5.32 Å². The van der Waals surface area contributed by atoms with E-state index in [-0.39, 0.29) is 23.5 Å². The molecule has 0 saturated carbocycles. The molecule has 7 nitrogen and oxygen atoms in total. The highest BCUT2D eigenvalue weighted by molar-refractivity contribution is 6.68. The van der Waals surface area contributed by atoms with Gasteiger partial charge in [-0.2, -0.15) is 0 Å². The number of rotatable bonds is 4. The number of hydrogen-bond acceptors (Lipinski definition) is 5. The summed E-state index contributed by atoms with van der Waals surface area (Å²) in [4.78, 5) is 24.6. The van der Waals surface area contributed by atoms with Crippen molar-refractivity contribution in [1.29, 1.82) is 0 Å². The monoisotopic (exact) mass is 409 g/mol. The fraction of sp³-hybridized carbons (Fsp3) is 0.533. The van der Waals surface area contributed by atoms with Gasteiger partial charge in [0.05, 0.1) is 17.1 Å². The number of nitro benzene ring substituents is 1. The Morgan fingerprint density at radius 2 is 1.96 bits per heavy atom. The molecule has 1 aliphatic rings. The number of morpholine rings is 1. The minimum atomic E-state index is -1.78. The van der Waals surface area contributed by atoms with E-state index in [0.29, 0.717) is 13.1 Å². The van der Waals surface area contributed by atoms with Gasteiger partial charge in [0, 0.05) is 30.8 Å². The topological polar surface area (TPSA) is 84.7 Å². The van der Waals surface area contributed by atoms with Gasteiger partial charge in [-0.15, -0.1) is 0 Å². The lowest BCUT2D eigenvalue weighted by atomic mass is 10.1. The first-order valence-electron chi connectivity index (χ1n) is 7.59. The van der Waals surface area contributed by atoms with Crippen LogP contribution in [0.5, 0.6) is 0 Å². The van der Waals surface area contributed by atoms with Gasteiger partial charge >= 0.3 is 0 Å². The molecule has 1 aromatic rings. The predicted octanol–water partition coefficient (Wildman–Crippen LogP) is 3.13. The molecule has 0 spiro atoms. The summed E-state index contributed by atoms with van der Waals surface area (Å²) in [6.45, 7) is 4.72. The van der Waals surface area contributed by atoms with Gasteiger partial charge in [0.25, 0.3) is 11.6 Å². The third kappa shape index (κ3) is 5.43. The molecule has 1 aromatic carbocycles. The van der Waals surface area contributed by atoms with Gasteiger partial charge in [0.2, 0.25) is 3.79 Å². The van der Waals surface area contributed by atoms with E-state index < -0.39 is 20.8 Å². The fourth-order valence-electron chi connectivity index (χ4n) is 2.78. The Balaban J connectivity index is 2.21. The molecule has 0 aliphatic carbocycles. The van der Waals surface area contributed by atoms with Crippen molar-refractivity contribution in [2.45, 2.75) is 36.0 Å². The largest absolute Gasteiger partial charge is 0.373 e. The maximum Gasteiger partial charge on any atom is 0.270 e. The summed E-state index contributed by atoms with van der Waals surface area (Å²) in [6.07, 6.45) is -1.08.